The molecule has 21 heavy (non-hydrogen) atoms. The summed E-state index contributed by atoms with van der Waals surface area (Å²) in [6, 6.07) is 4.28. The van der Waals surface area contributed by atoms with Crippen LogP contribution in [0.1, 0.15) is 45.5 Å². The monoisotopic (exact) mass is 306 g/mol. The third-order valence-corrected chi connectivity index (χ3v) is 3.53. The highest BCUT2D eigenvalue weighted by atomic mass is 32.1. The minimum Gasteiger partial charge on any atom is -0.478 e. The fraction of sp³-hybridized carbons (Fsp3) is 0.231. The molecule has 2 aromatic rings. The van der Waals surface area contributed by atoms with E-state index in [9.17, 15) is 9.59 Å². The molecule has 1 amide bonds. The Morgan fingerprint density at radius 2 is 2.10 bits per heavy atom. The number of carbonyl (C=O) groups is 2. The Labute approximate surface area is 125 Å². The number of carboxylic acids is 1. The van der Waals surface area contributed by atoms with E-state index in [1.807, 2.05) is 13.8 Å². The summed E-state index contributed by atoms with van der Waals surface area (Å²) in [4.78, 5) is 23.8. The molecule has 0 radical (unpaired) electrons. The number of anilines is 2. The molecule has 1 aromatic carbocycles. The van der Waals surface area contributed by atoms with Gasteiger partial charge in [-0.3, -0.25) is 4.79 Å². The number of rotatable bonds is 4. The second-order valence-corrected chi connectivity index (χ2v) is 5.46. The maximum atomic E-state index is 12.3. The van der Waals surface area contributed by atoms with Crippen molar-refractivity contribution in [1.29, 1.82) is 0 Å². The van der Waals surface area contributed by atoms with Gasteiger partial charge < -0.3 is 16.2 Å². The first-order valence-electron chi connectivity index (χ1n) is 6.16. The number of hydrogen-bond acceptors (Lipinski definition) is 6. The summed E-state index contributed by atoms with van der Waals surface area (Å²) in [7, 11) is 0. The molecule has 0 aliphatic carbocycles. The highest BCUT2D eigenvalue weighted by Gasteiger charge is 2.20. The Kier molecular flexibility index (Phi) is 4.18. The van der Waals surface area contributed by atoms with Crippen molar-refractivity contribution in [1.82, 2.24) is 9.59 Å². The first-order valence-corrected chi connectivity index (χ1v) is 6.94. The van der Waals surface area contributed by atoms with Gasteiger partial charge in [0, 0.05) is 5.69 Å². The molecule has 0 aliphatic rings. The zero-order valence-corrected chi connectivity index (χ0v) is 12.3. The Hall–Kier alpha value is -2.48. The lowest BCUT2D eigenvalue weighted by Crippen LogP contribution is -2.15. The summed E-state index contributed by atoms with van der Waals surface area (Å²) in [6.45, 7) is 3.80. The number of carbonyl (C=O) groups excluding carboxylic acids is 1. The fourth-order valence-electron chi connectivity index (χ4n) is 1.76. The van der Waals surface area contributed by atoms with Gasteiger partial charge in [-0.1, -0.05) is 18.3 Å². The van der Waals surface area contributed by atoms with Crippen molar-refractivity contribution in [2.45, 2.75) is 19.8 Å². The van der Waals surface area contributed by atoms with Gasteiger partial charge in [0.25, 0.3) is 5.91 Å². The molecule has 0 atom stereocenters. The molecule has 7 nitrogen and oxygen atoms in total. The maximum Gasteiger partial charge on any atom is 0.337 e. The number of nitrogens with two attached hydrogens (primary N) is 1. The number of benzene rings is 1. The quantitative estimate of drug-likeness (QED) is 0.745. The van der Waals surface area contributed by atoms with Crippen molar-refractivity contribution in [2.24, 2.45) is 0 Å². The lowest BCUT2D eigenvalue weighted by atomic mass is 10.1. The molecule has 110 valence electrons. The van der Waals surface area contributed by atoms with E-state index in [-0.39, 0.29) is 17.2 Å². The number of nitrogen functional groups attached to an aromatic ring is 1. The molecule has 0 fully saturated rings. The van der Waals surface area contributed by atoms with E-state index >= 15 is 0 Å². The molecule has 1 heterocycles. The summed E-state index contributed by atoms with van der Waals surface area (Å²) >= 11 is 0.977. The van der Waals surface area contributed by atoms with Crippen LogP contribution in [0.5, 0.6) is 0 Å². The molecule has 8 heteroatoms. The van der Waals surface area contributed by atoms with Gasteiger partial charge in [0.05, 0.1) is 16.9 Å². The van der Waals surface area contributed by atoms with Gasteiger partial charge in [0.15, 0.2) is 0 Å². The molecule has 0 saturated carbocycles. The number of aromatic nitrogens is 2. The van der Waals surface area contributed by atoms with Gasteiger partial charge in [0.1, 0.15) is 4.88 Å². The number of hydrogen-bond donors (Lipinski definition) is 3. The topological polar surface area (TPSA) is 118 Å². The fourth-order valence-corrected chi connectivity index (χ4v) is 2.47. The average molecular weight is 306 g/mol. The molecule has 0 saturated heterocycles. The standard InChI is InChI=1S/C13H14N4O3S/c1-6(2)10-11(21-17-16-10)12(18)15-9-4-3-7(14)5-8(9)13(19)20/h3-6H,14H2,1-2H3,(H,15,18)(H,19,20). The lowest BCUT2D eigenvalue weighted by Gasteiger charge is -2.09. The number of carboxylic acid groups (broad SMARTS) is 1. The zero-order chi connectivity index (χ0) is 15.6. The predicted molar refractivity (Wildman–Crippen MR) is 79.8 cm³/mol. The third kappa shape index (κ3) is 3.16. The van der Waals surface area contributed by atoms with Crippen LogP contribution in [-0.4, -0.2) is 26.6 Å². The van der Waals surface area contributed by atoms with E-state index in [4.69, 9.17) is 10.8 Å². The smallest absolute Gasteiger partial charge is 0.337 e. The van der Waals surface area contributed by atoms with E-state index in [0.717, 1.165) is 11.5 Å². The van der Waals surface area contributed by atoms with Gasteiger partial charge in [-0.05, 0) is 35.6 Å². The molecule has 0 unspecified atom stereocenters. The van der Waals surface area contributed by atoms with Crippen molar-refractivity contribution >= 4 is 34.8 Å². The number of nitrogens with one attached hydrogen (secondary N) is 1. The Morgan fingerprint density at radius 3 is 2.71 bits per heavy atom. The summed E-state index contributed by atoms with van der Waals surface area (Å²) in [5, 5.41) is 15.6. The SMILES string of the molecule is CC(C)c1nnsc1C(=O)Nc1ccc(N)cc1C(=O)O. The number of aromatic carboxylic acids is 1. The minimum atomic E-state index is -1.16. The normalized spacial score (nSPS) is 10.6. The molecule has 0 spiro atoms. The lowest BCUT2D eigenvalue weighted by molar-refractivity contribution is 0.0698. The summed E-state index contributed by atoms with van der Waals surface area (Å²) < 4.78 is 3.77. The van der Waals surface area contributed by atoms with E-state index in [0.29, 0.717) is 16.3 Å². The molecular formula is C13H14N4O3S. The first-order chi connectivity index (χ1) is 9.90. The van der Waals surface area contributed by atoms with Crippen molar-refractivity contribution in [2.75, 3.05) is 11.1 Å². The summed E-state index contributed by atoms with van der Waals surface area (Å²) in [6.07, 6.45) is 0. The van der Waals surface area contributed by atoms with Gasteiger partial charge in [-0.15, -0.1) is 5.10 Å². The van der Waals surface area contributed by atoms with Gasteiger partial charge in [-0.2, -0.15) is 0 Å². The van der Waals surface area contributed by atoms with Crippen molar-refractivity contribution in [3.63, 3.8) is 0 Å². The van der Waals surface area contributed by atoms with Crippen LogP contribution in [0, 0.1) is 0 Å². The third-order valence-electron chi connectivity index (χ3n) is 2.79. The van der Waals surface area contributed by atoms with Gasteiger partial charge >= 0.3 is 5.97 Å². The van der Waals surface area contributed by atoms with Gasteiger partial charge in [0.2, 0.25) is 0 Å². The van der Waals surface area contributed by atoms with E-state index in [1.165, 1.54) is 18.2 Å². The first kappa shape index (κ1) is 14.9. The van der Waals surface area contributed by atoms with Crippen LogP contribution in [-0.2, 0) is 0 Å². The average Bonchev–Trinajstić information content (AvgIpc) is 2.90. The summed E-state index contributed by atoms with van der Waals surface area (Å²) in [5.74, 6) is -1.54. The number of nitrogens with zero attached hydrogens (tertiary/aromatic N) is 2. The molecule has 2 rings (SSSR count). The molecule has 4 N–H and O–H groups in total. The van der Waals surface area contributed by atoms with Crippen molar-refractivity contribution < 1.29 is 14.7 Å². The molecule has 0 bridgehead atoms. The Bertz CT molecular complexity index is 696. The predicted octanol–water partition coefficient (Wildman–Crippen LogP) is 2.19. The molecule has 1 aromatic heterocycles. The second kappa shape index (κ2) is 5.88. The minimum absolute atomic E-state index is 0.0508. The molecular weight excluding hydrogens is 292 g/mol. The summed E-state index contributed by atoms with van der Waals surface area (Å²) in [5.41, 5.74) is 6.58. The van der Waals surface area contributed by atoms with Crippen LogP contribution < -0.4 is 11.1 Å². The van der Waals surface area contributed by atoms with Crippen LogP contribution in [0.3, 0.4) is 0 Å². The van der Waals surface area contributed by atoms with Crippen LogP contribution in [0.25, 0.3) is 0 Å². The molecule has 0 aliphatic heterocycles. The number of amides is 1. The largest absolute Gasteiger partial charge is 0.478 e. The van der Waals surface area contributed by atoms with E-state index in [2.05, 4.69) is 14.9 Å². The Balaban J connectivity index is 2.32. The van der Waals surface area contributed by atoms with Crippen LogP contribution in [0.4, 0.5) is 11.4 Å². The van der Waals surface area contributed by atoms with Gasteiger partial charge in [-0.25, -0.2) is 4.79 Å². The Morgan fingerprint density at radius 1 is 1.38 bits per heavy atom. The van der Waals surface area contributed by atoms with E-state index < -0.39 is 11.9 Å². The van der Waals surface area contributed by atoms with Crippen molar-refractivity contribution in [3.8, 4) is 0 Å². The second-order valence-electron chi connectivity index (χ2n) is 4.71. The zero-order valence-electron chi connectivity index (χ0n) is 11.5. The van der Waals surface area contributed by atoms with E-state index in [1.54, 1.807) is 0 Å². The van der Waals surface area contributed by atoms with Crippen molar-refractivity contribution in [3.05, 3.63) is 34.3 Å². The highest BCUT2D eigenvalue weighted by Crippen LogP contribution is 2.23. The van der Waals surface area contributed by atoms with Crippen LogP contribution >= 0.6 is 11.5 Å². The van der Waals surface area contributed by atoms with Crippen LogP contribution in [0.15, 0.2) is 18.2 Å². The highest BCUT2D eigenvalue weighted by molar-refractivity contribution is 7.08. The van der Waals surface area contributed by atoms with Crippen LogP contribution in [0.2, 0.25) is 0 Å². The maximum absolute atomic E-state index is 12.3.